The van der Waals surface area contributed by atoms with Gasteiger partial charge in [-0.15, -0.1) is 0 Å². The van der Waals surface area contributed by atoms with E-state index in [0.717, 1.165) is 19.3 Å². The molecule has 2 rings (SSSR count). The fourth-order valence-corrected chi connectivity index (χ4v) is 2.84. The van der Waals surface area contributed by atoms with Gasteiger partial charge in [0.25, 0.3) is 11.6 Å². The number of halogens is 1. The fourth-order valence-electron chi connectivity index (χ4n) is 2.67. The lowest BCUT2D eigenvalue weighted by Crippen LogP contribution is -2.29. The van der Waals surface area contributed by atoms with Crippen LogP contribution in [0.15, 0.2) is 18.2 Å². The van der Waals surface area contributed by atoms with Crippen LogP contribution in [-0.2, 0) is 0 Å². The number of benzene rings is 1. The molecule has 0 radical (unpaired) electrons. The van der Waals surface area contributed by atoms with Crippen LogP contribution >= 0.6 is 11.6 Å². The van der Waals surface area contributed by atoms with Gasteiger partial charge in [0.05, 0.1) is 4.92 Å². The summed E-state index contributed by atoms with van der Waals surface area (Å²) in [5.41, 5.74) is -0.0991. The summed E-state index contributed by atoms with van der Waals surface area (Å²) < 4.78 is 0. The third kappa shape index (κ3) is 3.10. The first-order chi connectivity index (χ1) is 9.52. The van der Waals surface area contributed by atoms with Crippen LogP contribution in [0.5, 0.6) is 0 Å². The van der Waals surface area contributed by atoms with Crippen LogP contribution in [0.3, 0.4) is 0 Å². The zero-order chi connectivity index (χ0) is 14.7. The lowest BCUT2D eigenvalue weighted by atomic mass is 10.0. The number of hydrogen-bond donors (Lipinski definition) is 0. The van der Waals surface area contributed by atoms with E-state index in [4.69, 9.17) is 11.6 Å². The summed E-state index contributed by atoms with van der Waals surface area (Å²) >= 11 is 5.86. The number of amides is 1. The average molecular weight is 297 g/mol. The summed E-state index contributed by atoms with van der Waals surface area (Å²) in [5.74, 6) is 0.208. The lowest BCUT2D eigenvalue weighted by molar-refractivity contribution is -0.385. The van der Waals surface area contributed by atoms with Crippen LogP contribution in [0.25, 0.3) is 0 Å². The number of carbonyl (C=O) groups is 1. The first-order valence-electron chi connectivity index (χ1n) is 6.76. The van der Waals surface area contributed by atoms with Crippen molar-refractivity contribution in [3.05, 3.63) is 38.9 Å². The molecular weight excluding hydrogens is 280 g/mol. The third-order valence-corrected chi connectivity index (χ3v) is 3.89. The van der Waals surface area contributed by atoms with Gasteiger partial charge in [0, 0.05) is 24.2 Å². The Hall–Kier alpha value is -1.62. The summed E-state index contributed by atoms with van der Waals surface area (Å²) in [6, 6.07) is 4.10. The molecule has 1 aliphatic heterocycles. The Kier molecular flexibility index (Phi) is 4.60. The molecule has 1 aromatic rings. The van der Waals surface area contributed by atoms with Gasteiger partial charge in [-0.3, -0.25) is 14.9 Å². The Balaban J connectivity index is 2.21. The molecule has 0 spiro atoms. The van der Waals surface area contributed by atoms with Crippen molar-refractivity contribution in [2.45, 2.75) is 26.2 Å². The van der Waals surface area contributed by atoms with Crippen LogP contribution in [0.2, 0.25) is 5.02 Å². The molecule has 1 aromatic carbocycles. The van der Waals surface area contributed by atoms with Gasteiger partial charge in [0.2, 0.25) is 0 Å². The lowest BCUT2D eigenvalue weighted by Gasteiger charge is -2.16. The largest absolute Gasteiger partial charge is 0.338 e. The first-order valence-corrected chi connectivity index (χ1v) is 7.14. The zero-order valence-corrected chi connectivity index (χ0v) is 12.1. The van der Waals surface area contributed by atoms with Crippen molar-refractivity contribution in [3.63, 3.8) is 0 Å². The second-order valence-electron chi connectivity index (χ2n) is 5.11. The Labute approximate surface area is 122 Å². The SMILES string of the molecule is CCCC1CCN(C(=O)c2cc(Cl)ccc2[N+](=O)[O-])C1. The minimum Gasteiger partial charge on any atom is -0.338 e. The van der Waals surface area contributed by atoms with Gasteiger partial charge in [0.15, 0.2) is 0 Å². The highest BCUT2D eigenvalue weighted by atomic mass is 35.5. The monoisotopic (exact) mass is 296 g/mol. The molecule has 108 valence electrons. The minimum absolute atomic E-state index is 0.0830. The van der Waals surface area contributed by atoms with E-state index in [1.54, 1.807) is 4.90 Å². The van der Waals surface area contributed by atoms with Gasteiger partial charge in [0.1, 0.15) is 5.56 Å². The number of nitrogens with zero attached hydrogens (tertiary/aromatic N) is 2. The highest BCUT2D eigenvalue weighted by Crippen LogP contribution is 2.27. The topological polar surface area (TPSA) is 63.5 Å². The maximum atomic E-state index is 12.4. The molecule has 1 saturated heterocycles. The van der Waals surface area contributed by atoms with Gasteiger partial charge in [-0.2, -0.15) is 0 Å². The van der Waals surface area contributed by atoms with E-state index in [1.165, 1.54) is 18.2 Å². The molecule has 0 saturated carbocycles. The molecule has 6 heteroatoms. The second kappa shape index (κ2) is 6.22. The van der Waals surface area contributed by atoms with Crippen LogP contribution < -0.4 is 0 Å². The van der Waals surface area contributed by atoms with Crippen molar-refractivity contribution in [3.8, 4) is 0 Å². The van der Waals surface area contributed by atoms with Gasteiger partial charge in [-0.05, 0) is 30.9 Å². The van der Waals surface area contributed by atoms with E-state index < -0.39 is 4.92 Å². The Bertz CT molecular complexity index is 533. The van der Waals surface area contributed by atoms with E-state index in [-0.39, 0.29) is 17.2 Å². The van der Waals surface area contributed by atoms with Crippen molar-refractivity contribution >= 4 is 23.2 Å². The van der Waals surface area contributed by atoms with Crippen LogP contribution in [0, 0.1) is 16.0 Å². The molecule has 1 atom stereocenters. The van der Waals surface area contributed by atoms with Crippen molar-refractivity contribution < 1.29 is 9.72 Å². The fraction of sp³-hybridized carbons (Fsp3) is 0.500. The molecule has 0 bridgehead atoms. The van der Waals surface area contributed by atoms with E-state index in [1.807, 2.05) is 0 Å². The summed E-state index contributed by atoms with van der Waals surface area (Å²) in [4.78, 5) is 24.6. The van der Waals surface area contributed by atoms with Crippen LogP contribution in [-0.4, -0.2) is 28.8 Å². The number of likely N-dealkylation sites (tertiary alicyclic amines) is 1. The van der Waals surface area contributed by atoms with Crippen molar-refractivity contribution in [2.75, 3.05) is 13.1 Å². The Morgan fingerprint density at radius 3 is 2.95 bits per heavy atom. The highest BCUT2D eigenvalue weighted by molar-refractivity contribution is 6.31. The standard InChI is InChI=1S/C14H17ClN2O3/c1-2-3-10-6-7-16(9-10)14(18)12-8-11(15)4-5-13(12)17(19)20/h4-5,8,10H,2-3,6-7,9H2,1H3. The van der Waals surface area contributed by atoms with E-state index in [2.05, 4.69) is 6.92 Å². The second-order valence-corrected chi connectivity index (χ2v) is 5.55. The van der Waals surface area contributed by atoms with Crippen LogP contribution in [0.4, 0.5) is 5.69 Å². The van der Waals surface area contributed by atoms with E-state index >= 15 is 0 Å². The molecule has 1 fully saturated rings. The summed E-state index contributed by atoms with van der Waals surface area (Å²) in [7, 11) is 0. The Morgan fingerprint density at radius 2 is 2.30 bits per heavy atom. The van der Waals surface area contributed by atoms with Crippen molar-refractivity contribution in [1.82, 2.24) is 4.90 Å². The van der Waals surface area contributed by atoms with E-state index in [0.29, 0.717) is 24.0 Å². The molecule has 1 amide bonds. The van der Waals surface area contributed by atoms with Gasteiger partial charge < -0.3 is 4.90 Å². The number of nitro benzene ring substituents is 1. The minimum atomic E-state index is -0.539. The van der Waals surface area contributed by atoms with Crippen LogP contribution in [0.1, 0.15) is 36.5 Å². The first kappa shape index (κ1) is 14.8. The van der Waals surface area contributed by atoms with Gasteiger partial charge in [-0.1, -0.05) is 24.9 Å². The van der Waals surface area contributed by atoms with Crippen molar-refractivity contribution in [2.24, 2.45) is 5.92 Å². The van der Waals surface area contributed by atoms with Gasteiger partial charge in [-0.25, -0.2) is 0 Å². The summed E-state index contributed by atoms with van der Waals surface area (Å²) in [6.45, 7) is 3.45. The van der Waals surface area contributed by atoms with E-state index in [9.17, 15) is 14.9 Å². The molecule has 0 N–H and O–H groups in total. The number of hydrogen-bond acceptors (Lipinski definition) is 3. The smallest absolute Gasteiger partial charge is 0.282 e. The molecule has 0 aromatic heterocycles. The predicted molar refractivity (Wildman–Crippen MR) is 77.0 cm³/mol. The van der Waals surface area contributed by atoms with Crippen molar-refractivity contribution in [1.29, 1.82) is 0 Å². The quantitative estimate of drug-likeness (QED) is 0.631. The maximum absolute atomic E-state index is 12.4. The molecule has 1 unspecified atom stereocenters. The molecule has 20 heavy (non-hydrogen) atoms. The normalized spacial score (nSPS) is 18.3. The number of rotatable bonds is 4. The molecule has 5 nitrogen and oxygen atoms in total. The summed E-state index contributed by atoms with van der Waals surface area (Å²) in [6.07, 6.45) is 3.14. The molecule has 1 aliphatic rings. The number of nitro groups is 1. The number of carbonyl (C=O) groups excluding carboxylic acids is 1. The van der Waals surface area contributed by atoms with Gasteiger partial charge >= 0.3 is 0 Å². The summed E-state index contributed by atoms with van der Waals surface area (Å²) in [5, 5.41) is 11.3. The Morgan fingerprint density at radius 1 is 1.55 bits per heavy atom. The molecule has 1 heterocycles. The maximum Gasteiger partial charge on any atom is 0.282 e. The third-order valence-electron chi connectivity index (χ3n) is 3.66. The zero-order valence-electron chi connectivity index (χ0n) is 11.3. The molecular formula is C14H17ClN2O3. The highest BCUT2D eigenvalue weighted by Gasteiger charge is 2.30. The molecule has 0 aliphatic carbocycles. The average Bonchev–Trinajstić information content (AvgIpc) is 2.86. The predicted octanol–water partition coefficient (Wildman–Crippen LogP) is 3.51.